The normalized spacial score (nSPS) is 10.8. The van der Waals surface area contributed by atoms with Crippen LogP contribution in [0.25, 0.3) is 9.40 Å². The maximum atomic E-state index is 12.4. The van der Waals surface area contributed by atoms with Crippen LogP contribution in [0, 0.1) is 5.13 Å². The van der Waals surface area contributed by atoms with Crippen molar-refractivity contribution in [2.24, 2.45) is 0 Å². The summed E-state index contributed by atoms with van der Waals surface area (Å²) in [5, 5.41) is 1.89. The van der Waals surface area contributed by atoms with E-state index in [2.05, 4.69) is 0 Å². The molecule has 0 saturated carbocycles. The Morgan fingerprint density at radius 3 is 3.00 bits per heavy atom. The summed E-state index contributed by atoms with van der Waals surface area (Å²) in [6.07, 6.45) is 0. The molecule has 2 aromatic heterocycles. The Kier molecular flexibility index (Phi) is 1.07. The van der Waals surface area contributed by atoms with Gasteiger partial charge in [-0.1, -0.05) is 0 Å². The fourth-order valence-corrected chi connectivity index (χ4v) is 2.56. The Morgan fingerprint density at radius 2 is 2.22 bits per heavy atom. The van der Waals surface area contributed by atoms with E-state index in [1.165, 1.54) is 11.3 Å². The van der Waals surface area contributed by atoms with Gasteiger partial charge in [0.2, 0.25) is 0 Å². The quantitative estimate of drug-likeness (QED) is 0.552. The molecule has 0 spiro atoms. The van der Waals surface area contributed by atoms with Crippen molar-refractivity contribution >= 4 is 32.1 Å². The Labute approximate surface area is 59.6 Å². The minimum Gasteiger partial charge on any atom is -0.195 e. The highest BCUT2D eigenvalue weighted by molar-refractivity contribution is 7.26. The zero-order chi connectivity index (χ0) is 6.27. The van der Waals surface area contributed by atoms with Gasteiger partial charge in [0, 0.05) is 15.5 Å². The summed E-state index contributed by atoms with van der Waals surface area (Å²) in [4.78, 5) is 0. The number of rotatable bonds is 0. The molecule has 0 N–H and O–H groups in total. The average Bonchev–Trinajstić information content (AvgIpc) is 2.22. The molecule has 2 heterocycles. The number of hydrogen-bond acceptors (Lipinski definition) is 2. The van der Waals surface area contributed by atoms with Gasteiger partial charge >= 0.3 is 0 Å². The SMILES string of the molecule is Fc1cc2sccc2s1. The molecule has 46 valence electrons. The number of hydrogen-bond donors (Lipinski definition) is 0. The van der Waals surface area contributed by atoms with E-state index in [-0.39, 0.29) is 5.13 Å². The van der Waals surface area contributed by atoms with Gasteiger partial charge in [0.15, 0.2) is 5.13 Å². The lowest BCUT2D eigenvalue weighted by atomic mass is 10.5. The Balaban J connectivity index is 2.92. The van der Waals surface area contributed by atoms with Crippen LogP contribution in [0.15, 0.2) is 17.5 Å². The second kappa shape index (κ2) is 1.78. The van der Waals surface area contributed by atoms with Gasteiger partial charge in [0.1, 0.15) is 0 Å². The summed E-state index contributed by atoms with van der Waals surface area (Å²) in [6.45, 7) is 0. The van der Waals surface area contributed by atoms with E-state index in [4.69, 9.17) is 0 Å². The van der Waals surface area contributed by atoms with Crippen LogP contribution >= 0.6 is 22.7 Å². The second-order valence-corrected chi connectivity index (χ2v) is 3.68. The molecule has 0 nitrogen and oxygen atoms in total. The summed E-state index contributed by atoms with van der Waals surface area (Å²) in [5.74, 6) is 0. The van der Waals surface area contributed by atoms with E-state index in [1.807, 2.05) is 11.4 Å². The molecule has 2 aromatic rings. The van der Waals surface area contributed by atoms with Crippen LogP contribution in [0.5, 0.6) is 0 Å². The molecule has 0 aliphatic carbocycles. The minimum atomic E-state index is -0.0862. The van der Waals surface area contributed by atoms with Crippen LogP contribution in [0.1, 0.15) is 0 Å². The molecule has 0 aromatic carbocycles. The molecule has 0 bridgehead atoms. The van der Waals surface area contributed by atoms with E-state index >= 15 is 0 Å². The van der Waals surface area contributed by atoms with Gasteiger partial charge < -0.3 is 0 Å². The van der Waals surface area contributed by atoms with E-state index in [0.717, 1.165) is 9.40 Å². The van der Waals surface area contributed by atoms with Crippen LogP contribution in [0.4, 0.5) is 4.39 Å². The van der Waals surface area contributed by atoms with Crippen molar-refractivity contribution in [3.63, 3.8) is 0 Å². The molecule has 0 saturated heterocycles. The second-order valence-electron chi connectivity index (χ2n) is 1.70. The minimum absolute atomic E-state index is 0.0862. The fourth-order valence-electron chi connectivity index (χ4n) is 0.736. The van der Waals surface area contributed by atoms with Crippen LogP contribution in [-0.4, -0.2) is 0 Å². The first-order valence-corrected chi connectivity index (χ1v) is 4.18. The summed E-state index contributed by atoms with van der Waals surface area (Å²) in [6, 6.07) is 3.51. The highest BCUT2D eigenvalue weighted by atomic mass is 32.1. The number of thiophene rings is 2. The third-order valence-electron chi connectivity index (χ3n) is 1.11. The summed E-state index contributed by atoms with van der Waals surface area (Å²) < 4.78 is 14.5. The molecule has 3 heteroatoms. The molecular weight excluding hydrogens is 155 g/mol. The third-order valence-corrected chi connectivity index (χ3v) is 2.99. The zero-order valence-corrected chi connectivity index (χ0v) is 6.06. The van der Waals surface area contributed by atoms with Crippen molar-refractivity contribution in [1.29, 1.82) is 0 Å². The van der Waals surface area contributed by atoms with E-state index < -0.39 is 0 Å². The predicted molar refractivity (Wildman–Crippen MR) is 39.7 cm³/mol. The van der Waals surface area contributed by atoms with E-state index in [9.17, 15) is 4.39 Å². The molecule has 2 rings (SSSR count). The predicted octanol–water partition coefficient (Wildman–Crippen LogP) is 3.10. The van der Waals surface area contributed by atoms with Gasteiger partial charge in [-0.25, -0.2) is 0 Å². The maximum absolute atomic E-state index is 12.4. The average molecular weight is 158 g/mol. The number of halogens is 1. The summed E-state index contributed by atoms with van der Waals surface area (Å²) in [7, 11) is 0. The van der Waals surface area contributed by atoms with Crippen molar-refractivity contribution in [3.8, 4) is 0 Å². The molecule has 0 amide bonds. The van der Waals surface area contributed by atoms with E-state index in [1.54, 1.807) is 17.4 Å². The first kappa shape index (κ1) is 5.38. The van der Waals surface area contributed by atoms with Gasteiger partial charge in [0.05, 0.1) is 0 Å². The highest BCUT2D eigenvalue weighted by Crippen LogP contribution is 2.28. The van der Waals surface area contributed by atoms with Crippen LogP contribution in [0.2, 0.25) is 0 Å². The largest absolute Gasteiger partial charge is 0.195 e. The van der Waals surface area contributed by atoms with Gasteiger partial charge in [-0.3, -0.25) is 0 Å². The van der Waals surface area contributed by atoms with Gasteiger partial charge in [-0.15, -0.1) is 22.7 Å². The van der Waals surface area contributed by atoms with Crippen molar-refractivity contribution < 1.29 is 4.39 Å². The van der Waals surface area contributed by atoms with Crippen molar-refractivity contribution in [1.82, 2.24) is 0 Å². The molecule has 0 radical (unpaired) electrons. The first-order chi connectivity index (χ1) is 4.36. The molecule has 0 unspecified atom stereocenters. The Bertz CT molecular complexity index is 292. The molecule has 0 aliphatic heterocycles. The van der Waals surface area contributed by atoms with Crippen LogP contribution < -0.4 is 0 Å². The van der Waals surface area contributed by atoms with Gasteiger partial charge in [-0.05, 0) is 11.4 Å². The first-order valence-electron chi connectivity index (χ1n) is 2.49. The van der Waals surface area contributed by atoms with Gasteiger partial charge in [-0.2, -0.15) is 4.39 Å². The highest BCUT2D eigenvalue weighted by Gasteiger charge is 1.99. The zero-order valence-electron chi connectivity index (χ0n) is 4.43. The topological polar surface area (TPSA) is 0 Å². The standard InChI is InChI=1S/C6H3FS2/c7-6-3-5-4(9-6)1-2-8-5/h1-3H. The lowest BCUT2D eigenvalue weighted by molar-refractivity contribution is 0.658. The van der Waals surface area contributed by atoms with Gasteiger partial charge in [0.25, 0.3) is 0 Å². The van der Waals surface area contributed by atoms with Crippen molar-refractivity contribution in [3.05, 3.63) is 22.6 Å². The van der Waals surface area contributed by atoms with Crippen LogP contribution in [0.3, 0.4) is 0 Å². The van der Waals surface area contributed by atoms with Crippen molar-refractivity contribution in [2.75, 3.05) is 0 Å². The lowest BCUT2D eigenvalue weighted by Gasteiger charge is -1.64. The molecule has 9 heavy (non-hydrogen) atoms. The summed E-state index contributed by atoms with van der Waals surface area (Å²) in [5.41, 5.74) is 0. The van der Waals surface area contributed by atoms with Crippen LogP contribution in [-0.2, 0) is 0 Å². The smallest absolute Gasteiger partial charge is 0.178 e. The third kappa shape index (κ3) is 0.767. The summed E-state index contributed by atoms with van der Waals surface area (Å²) >= 11 is 2.78. The maximum Gasteiger partial charge on any atom is 0.178 e. The Morgan fingerprint density at radius 1 is 1.33 bits per heavy atom. The Hall–Kier alpha value is -0.410. The van der Waals surface area contributed by atoms with Crippen molar-refractivity contribution in [2.45, 2.75) is 0 Å². The van der Waals surface area contributed by atoms with E-state index in [0.29, 0.717) is 0 Å². The lowest BCUT2D eigenvalue weighted by Crippen LogP contribution is -1.46. The molecular formula is C6H3FS2. The molecule has 0 fully saturated rings. The fraction of sp³-hybridized carbons (Fsp3) is 0. The monoisotopic (exact) mass is 158 g/mol. The molecule has 0 aliphatic rings. The molecule has 0 atom stereocenters. The number of fused-ring (bicyclic) bond motifs is 1.